The molecule has 32 heavy (non-hydrogen) atoms. The number of hydrogen-bond acceptors (Lipinski definition) is 5. The zero-order valence-electron chi connectivity index (χ0n) is 15.7. The Morgan fingerprint density at radius 1 is 1.22 bits per heavy atom. The number of hydrogen-bond donors (Lipinski definition) is 1. The van der Waals surface area contributed by atoms with Crippen LogP contribution in [0.15, 0.2) is 35.4 Å². The zero-order valence-corrected chi connectivity index (χ0v) is 19.6. The molecule has 0 bridgehead atoms. The SMILES string of the molecule is O=C(CCN1C(=O)/C(=C/c2ccc(Cl)cc2Cl)SC1=S)Nc1ncc(C(F)(F)F)cc1Cl. The van der Waals surface area contributed by atoms with Crippen molar-refractivity contribution in [3.63, 3.8) is 0 Å². The number of anilines is 1. The van der Waals surface area contributed by atoms with Crippen molar-refractivity contribution in [3.05, 3.63) is 61.6 Å². The number of nitrogens with one attached hydrogen (secondary N) is 1. The van der Waals surface area contributed by atoms with Crippen LogP contribution in [0, 0.1) is 0 Å². The van der Waals surface area contributed by atoms with Crippen LogP contribution in [0.5, 0.6) is 0 Å². The molecule has 1 aliphatic heterocycles. The van der Waals surface area contributed by atoms with Crippen LogP contribution in [0.3, 0.4) is 0 Å². The molecule has 1 aromatic carbocycles. The van der Waals surface area contributed by atoms with E-state index in [1.54, 1.807) is 24.3 Å². The molecular formula is C19H11Cl3F3N3O2S2. The Hall–Kier alpha value is -1.85. The summed E-state index contributed by atoms with van der Waals surface area (Å²) in [7, 11) is 0. The summed E-state index contributed by atoms with van der Waals surface area (Å²) >= 11 is 24.0. The van der Waals surface area contributed by atoms with Gasteiger partial charge in [0.1, 0.15) is 4.32 Å². The van der Waals surface area contributed by atoms with Crippen molar-refractivity contribution in [1.82, 2.24) is 9.88 Å². The van der Waals surface area contributed by atoms with Gasteiger partial charge in [-0.2, -0.15) is 13.2 Å². The molecule has 1 aliphatic rings. The molecule has 1 saturated heterocycles. The summed E-state index contributed by atoms with van der Waals surface area (Å²) in [4.78, 5) is 30.0. The molecule has 0 radical (unpaired) electrons. The normalized spacial score (nSPS) is 15.6. The molecule has 13 heteroatoms. The van der Waals surface area contributed by atoms with E-state index in [4.69, 9.17) is 47.0 Å². The smallest absolute Gasteiger partial charge is 0.309 e. The van der Waals surface area contributed by atoms with Gasteiger partial charge in [-0.25, -0.2) is 4.98 Å². The van der Waals surface area contributed by atoms with Crippen molar-refractivity contribution in [2.24, 2.45) is 0 Å². The molecule has 1 fully saturated rings. The molecule has 0 aliphatic carbocycles. The van der Waals surface area contributed by atoms with Crippen LogP contribution in [0.4, 0.5) is 19.0 Å². The number of rotatable bonds is 5. The molecule has 0 saturated carbocycles. The summed E-state index contributed by atoms with van der Waals surface area (Å²) in [5.74, 6) is -1.21. The first kappa shape index (κ1) is 24.8. The number of alkyl halides is 3. The van der Waals surface area contributed by atoms with Crippen LogP contribution in [0.1, 0.15) is 17.5 Å². The minimum absolute atomic E-state index is 0.0412. The van der Waals surface area contributed by atoms with Gasteiger partial charge in [0.25, 0.3) is 5.91 Å². The highest BCUT2D eigenvalue weighted by Gasteiger charge is 2.33. The molecule has 2 amide bonds. The second kappa shape index (κ2) is 9.96. The van der Waals surface area contributed by atoms with E-state index in [-0.39, 0.29) is 28.1 Å². The minimum atomic E-state index is -4.61. The molecule has 1 aromatic heterocycles. The van der Waals surface area contributed by atoms with E-state index < -0.39 is 23.6 Å². The second-order valence-corrected chi connectivity index (χ2v) is 9.28. The zero-order chi connectivity index (χ0) is 23.6. The molecule has 0 atom stereocenters. The average Bonchev–Trinajstić information content (AvgIpc) is 2.96. The molecular weight excluding hydrogens is 530 g/mol. The van der Waals surface area contributed by atoms with Crippen LogP contribution in [0.2, 0.25) is 15.1 Å². The lowest BCUT2D eigenvalue weighted by molar-refractivity contribution is -0.137. The fourth-order valence-electron chi connectivity index (χ4n) is 2.55. The lowest BCUT2D eigenvalue weighted by Gasteiger charge is -2.14. The van der Waals surface area contributed by atoms with E-state index in [1.807, 2.05) is 0 Å². The monoisotopic (exact) mass is 539 g/mol. The predicted octanol–water partition coefficient (Wildman–Crippen LogP) is 6.29. The van der Waals surface area contributed by atoms with Crippen molar-refractivity contribution in [3.8, 4) is 0 Å². The lowest BCUT2D eigenvalue weighted by Crippen LogP contribution is -2.31. The Morgan fingerprint density at radius 3 is 2.56 bits per heavy atom. The summed E-state index contributed by atoms with van der Waals surface area (Å²) in [5, 5.41) is 2.78. The Labute approximate surface area is 204 Å². The van der Waals surface area contributed by atoms with Gasteiger partial charge in [0.2, 0.25) is 5.91 Å². The number of halogens is 6. The number of benzene rings is 1. The van der Waals surface area contributed by atoms with Gasteiger partial charge in [-0.15, -0.1) is 0 Å². The number of carbonyl (C=O) groups excluding carboxylic acids is 2. The summed E-state index contributed by atoms with van der Waals surface area (Å²) < 4.78 is 38.3. The van der Waals surface area contributed by atoms with Crippen LogP contribution >= 0.6 is 58.8 Å². The van der Waals surface area contributed by atoms with Gasteiger partial charge in [-0.1, -0.05) is 64.8 Å². The summed E-state index contributed by atoms with van der Waals surface area (Å²) in [5.41, 5.74) is -0.456. The van der Waals surface area contributed by atoms with E-state index in [2.05, 4.69) is 10.3 Å². The van der Waals surface area contributed by atoms with E-state index in [9.17, 15) is 22.8 Å². The van der Waals surface area contributed by atoms with Crippen molar-refractivity contribution < 1.29 is 22.8 Å². The molecule has 3 rings (SSSR count). The average molecular weight is 541 g/mol. The van der Waals surface area contributed by atoms with Crippen LogP contribution < -0.4 is 5.32 Å². The Balaban J connectivity index is 1.63. The molecule has 0 unspecified atom stereocenters. The van der Waals surface area contributed by atoms with Gasteiger partial charge >= 0.3 is 6.18 Å². The Bertz CT molecular complexity index is 1140. The highest BCUT2D eigenvalue weighted by atomic mass is 35.5. The number of pyridine rings is 1. The third kappa shape index (κ3) is 5.93. The summed E-state index contributed by atoms with van der Waals surface area (Å²) in [6, 6.07) is 5.50. The van der Waals surface area contributed by atoms with E-state index >= 15 is 0 Å². The first-order valence-corrected chi connectivity index (χ1v) is 11.0. The van der Waals surface area contributed by atoms with Gasteiger partial charge in [-0.05, 0) is 29.8 Å². The minimum Gasteiger partial charge on any atom is -0.309 e. The maximum atomic E-state index is 12.7. The predicted molar refractivity (Wildman–Crippen MR) is 124 cm³/mol. The summed E-state index contributed by atoms with van der Waals surface area (Å²) in [6.07, 6.45) is -2.65. The number of thiocarbonyl (C=S) groups is 1. The number of carbonyl (C=O) groups is 2. The second-order valence-electron chi connectivity index (χ2n) is 6.35. The van der Waals surface area contributed by atoms with Gasteiger partial charge in [0.05, 0.1) is 15.5 Å². The van der Waals surface area contributed by atoms with Gasteiger partial charge in [-0.3, -0.25) is 14.5 Å². The van der Waals surface area contributed by atoms with Crippen molar-refractivity contribution in [2.45, 2.75) is 12.6 Å². The fourth-order valence-corrected chi connectivity index (χ4v) is 4.52. The lowest BCUT2D eigenvalue weighted by atomic mass is 10.2. The highest BCUT2D eigenvalue weighted by Crippen LogP contribution is 2.35. The molecule has 0 spiro atoms. The Kier molecular flexibility index (Phi) is 7.72. The fraction of sp³-hybridized carbons (Fsp3) is 0.158. The van der Waals surface area contributed by atoms with Crippen molar-refractivity contribution in [2.75, 3.05) is 11.9 Å². The number of amides is 2. The Morgan fingerprint density at radius 2 is 1.94 bits per heavy atom. The first-order chi connectivity index (χ1) is 15.0. The molecule has 1 N–H and O–H groups in total. The van der Waals surface area contributed by atoms with Crippen molar-refractivity contribution >= 4 is 86.8 Å². The number of thioether (sulfide) groups is 1. The third-order valence-corrected chi connectivity index (χ3v) is 6.34. The largest absolute Gasteiger partial charge is 0.417 e. The van der Waals surface area contributed by atoms with E-state index in [0.29, 0.717) is 32.8 Å². The standard InChI is InChI=1S/C19H11Cl3F3N3O2S2/c20-11-2-1-9(12(21)7-11)5-14-17(30)28(18(31)32-14)4-3-15(29)27-16-13(22)6-10(8-26-16)19(23,24)25/h1-2,5-8H,3-4H2,(H,26,27,29)/b14-5-. The maximum absolute atomic E-state index is 12.7. The third-order valence-electron chi connectivity index (χ3n) is 4.11. The topological polar surface area (TPSA) is 62.3 Å². The number of aromatic nitrogens is 1. The molecule has 2 heterocycles. The molecule has 168 valence electrons. The van der Waals surface area contributed by atoms with E-state index in [0.717, 1.165) is 11.8 Å². The van der Waals surface area contributed by atoms with E-state index in [1.165, 1.54) is 4.90 Å². The van der Waals surface area contributed by atoms with Crippen LogP contribution in [0.25, 0.3) is 6.08 Å². The highest BCUT2D eigenvalue weighted by molar-refractivity contribution is 8.26. The first-order valence-electron chi connectivity index (χ1n) is 8.68. The number of nitrogens with zero attached hydrogens (tertiary/aromatic N) is 2. The van der Waals surface area contributed by atoms with Gasteiger partial charge in [0.15, 0.2) is 5.82 Å². The maximum Gasteiger partial charge on any atom is 0.417 e. The van der Waals surface area contributed by atoms with Gasteiger partial charge in [0, 0.05) is 29.2 Å². The van der Waals surface area contributed by atoms with Gasteiger partial charge < -0.3 is 5.32 Å². The van der Waals surface area contributed by atoms with Crippen LogP contribution in [-0.4, -0.2) is 32.6 Å². The molecule has 5 nitrogen and oxygen atoms in total. The quantitative estimate of drug-likeness (QED) is 0.357. The molecule has 2 aromatic rings. The summed E-state index contributed by atoms with van der Waals surface area (Å²) in [6.45, 7) is -0.0412. The van der Waals surface area contributed by atoms with Crippen LogP contribution in [-0.2, 0) is 15.8 Å². The van der Waals surface area contributed by atoms with Crippen molar-refractivity contribution in [1.29, 1.82) is 0 Å².